The third-order valence-electron chi connectivity index (χ3n) is 4.34. The Morgan fingerprint density at radius 3 is 2.69 bits per heavy atom. The van der Waals surface area contributed by atoms with E-state index in [1.54, 1.807) is 0 Å². The average molecular weight is 241 g/mol. The van der Waals surface area contributed by atoms with Gasteiger partial charge in [-0.1, -0.05) is 19.1 Å². The summed E-state index contributed by atoms with van der Waals surface area (Å²) in [7, 11) is 2.27. The highest BCUT2D eigenvalue weighted by molar-refractivity contribution is 7.80. The highest BCUT2D eigenvalue weighted by atomic mass is 32.1. The molecule has 3 nitrogen and oxygen atoms in total. The molecule has 2 fully saturated rings. The first-order valence-electron chi connectivity index (χ1n) is 6.38. The van der Waals surface area contributed by atoms with Crippen LogP contribution in [0.3, 0.4) is 0 Å². The van der Waals surface area contributed by atoms with Crippen molar-refractivity contribution < 1.29 is 0 Å². The number of hydrogen-bond donors (Lipinski definition) is 1. The van der Waals surface area contributed by atoms with Crippen LogP contribution < -0.4 is 5.73 Å². The molecule has 2 saturated heterocycles. The zero-order valence-electron chi connectivity index (χ0n) is 10.4. The Labute approximate surface area is 104 Å². The highest BCUT2D eigenvalue weighted by Gasteiger charge is 2.36. The Bertz CT molecular complexity index is 269. The number of likely N-dealkylation sites (tertiary alicyclic amines) is 1. The fraction of sp³-hybridized carbons (Fsp3) is 0.917. The summed E-state index contributed by atoms with van der Waals surface area (Å²) in [6.45, 7) is 4.47. The number of nitrogens with two attached hydrogens (primary N) is 1. The molecule has 0 aromatic carbocycles. The van der Waals surface area contributed by atoms with E-state index in [-0.39, 0.29) is 0 Å². The maximum absolute atomic E-state index is 5.84. The first-order valence-corrected chi connectivity index (χ1v) is 6.79. The van der Waals surface area contributed by atoms with Gasteiger partial charge in [0.1, 0.15) is 0 Å². The predicted octanol–water partition coefficient (Wildman–Crippen LogP) is 1.22. The normalized spacial score (nSPS) is 33.6. The third-order valence-corrected chi connectivity index (χ3v) is 4.61. The number of fused-ring (bicyclic) bond motifs is 2. The molecule has 2 aliphatic rings. The van der Waals surface area contributed by atoms with E-state index in [1.165, 1.54) is 19.3 Å². The van der Waals surface area contributed by atoms with Crippen molar-refractivity contribution in [2.45, 2.75) is 50.7 Å². The summed E-state index contributed by atoms with van der Waals surface area (Å²) in [5.74, 6) is 0. The molecule has 2 bridgehead atoms. The minimum atomic E-state index is 0.308. The van der Waals surface area contributed by atoms with E-state index in [9.17, 15) is 0 Å². The van der Waals surface area contributed by atoms with Gasteiger partial charge in [0, 0.05) is 25.2 Å². The zero-order valence-corrected chi connectivity index (χ0v) is 11.2. The van der Waals surface area contributed by atoms with Crippen molar-refractivity contribution in [1.29, 1.82) is 0 Å². The van der Waals surface area contributed by atoms with Crippen LogP contribution >= 0.6 is 12.2 Å². The average Bonchev–Trinajstić information content (AvgIpc) is 2.45. The van der Waals surface area contributed by atoms with Crippen LogP contribution in [-0.2, 0) is 0 Å². The van der Waals surface area contributed by atoms with Crippen LogP contribution in [0, 0.1) is 0 Å². The molecule has 0 aliphatic carbocycles. The Morgan fingerprint density at radius 1 is 1.38 bits per heavy atom. The van der Waals surface area contributed by atoms with Crippen molar-refractivity contribution in [1.82, 2.24) is 9.80 Å². The summed E-state index contributed by atoms with van der Waals surface area (Å²) in [5, 5.41) is 0. The molecular formula is C12H23N3S. The molecule has 2 aliphatic heterocycles. The second-order valence-corrected chi connectivity index (χ2v) is 5.63. The van der Waals surface area contributed by atoms with Gasteiger partial charge >= 0.3 is 0 Å². The van der Waals surface area contributed by atoms with E-state index < -0.39 is 0 Å². The summed E-state index contributed by atoms with van der Waals surface area (Å²) in [6.07, 6.45) is 5.02. The van der Waals surface area contributed by atoms with Gasteiger partial charge in [-0.3, -0.25) is 9.80 Å². The van der Waals surface area contributed by atoms with Crippen molar-refractivity contribution in [3.05, 3.63) is 0 Å². The van der Waals surface area contributed by atoms with Gasteiger partial charge in [0.2, 0.25) is 0 Å². The summed E-state index contributed by atoms with van der Waals surface area (Å²) >= 11 is 5.18. The Morgan fingerprint density at radius 2 is 2.06 bits per heavy atom. The summed E-state index contributed by atoms with van der Waals surface area (Å²) in [4.78, 5) is 5.73. The van der Waals surface area contributed by atoms with Gasteiger partial charge in [-0.15, -0.1) is 0 Å². The van der Waals surface area contributed by atoms with Crippen LogP contribution in [0.25, 0.3) is 0 Å². The maximum Gasteiger partial charge on any atom is 0.0901 e. The van der Waals surface area contributed by atoms with E-state index >= 15 is 0 Å². The number of thiocarbonyl (C=S) groups is 1. The van der Waals surface area contributed by atoms with Crippen molar-refractivity contribution in [2.24, 2.45) is 5.73 Å². The van der Waals surface area contributed by atoms with Gasteiger partial charge in [0.25, 0.3) is 0 Å². The highest BCUT2D eigenvalue weighted by Crippen LogP contribution is 2.29. The van der Waals surface area contributed by atoms with Crippen molar-refractivity contribution in [2.75, 3.05) is 20.1 Å². The summed E-state index contributed by atoms with van der Waals surface area (Å²) in [5.41, 5.74) is 5.84. The Hall–Kier alpha value is -0.190. The van der Waals surface area contributed by atoms with E-state index in [0.717, 1.165) is 31.6 Å². The van der Waals surface area contributed by atoms with Gasteiger partial charge in [-0.2, -0.15) is 0 Å². The molecule has 2 rings (SSSR count). The van der Waals surface area contributed by atoms with Crippen molar-refractivity contribution in [3.8, 4) is 0 Å². The van der Waals surface area contributed by atoms with Crippen molar-refractivity contribution in [3.63, 3.8) is 0 Å². The second kappa shape index (κ2) is 4.98. The van der Waals surface area contributed by atoms with E-state index in [4.69, 9.17) is 18.0 Å². The quantitative estimate of drug-likeness (QED) is 0.753. The molecule has 3 unspecified atom stereocenters. The molecule has 0 saturated carbocycles. The molecule has 0 radical (unpaired) electrons. The molecule has 0 amide bonds. The monoisotopic (exact) mass is 241 g/mol. The van der Waals surface area contributed by atoms with Crippen LogP contribution in [0.5, 0.6) is 0 Å². The predicted molar refractivity (Wildman–Crippen MR) is 71.6 cm³/mol. The van der Waals surface area contributed by atoms with E-state index in [0.29, 0.717) is 11.0 Å². The van der Waals surface area contributed by atoms with Gasteiger partial charge in [-0.05, 0) is 32.7 Å². The lowest BCUT2D eigenvalue weighted by Crippen LogP contribution is -2.47. The fourth-order valence-corrected chi connectivity index (χ4v) is 3.57. The van der Waals surface area contributed by atoms with Crippen LogP contribution in [0.1, 0.15) is 32.6 Å². The molecule has 2 heterocycles. The Balaban J connectivity index is 2.05. The fourth-order valence-electron chi connectivity index (χ4n) is 3.26. The molecular weight excluding hydrogens is 218 g/mol. The first-order chi connectivity index (χ1) is 7.63. The summed E-state index contributed by atoms with van der Waals surface area (Å²) < 4.78 is 0. The van der Waals surface area contributed by atoms with E-state index in [2.05, 4.69) is 23.8 Å². The molecule has 0 spiro atoms. The molecule has 3 atom stereocenters. The first kappa shape index (κ1) is 12.3. The molecule has 92 valence electrons. The van der Waals surface area contributed by atoms with Crippen molar-refractivity contribution >= 4 is 17.2 Å². The lowest BCUT2D eigenvalue weighted by atomic mass is 10.1. The van der Waals surface area contributed by atoms with Crippen LogP contribution in [0.15, 0.2) is 0 Å². The van der Waals surface area contributed by atoms with Gasteiger partial charge in [0.05, 0.1) is 11.0 Å². The minimum Gasteiger partial charge on any atom is -0.392 e. The zero-order chi connectivity index (χ0) is 11.7. The molecule has 0 aromatic rings. The van der Waals surface area contributed by atoms with Crippen LogP contribution in [-0.4, -0.2) is 53.1 Å². The number of rotatable bonds is 3. The maximum atomic E-state index is 5.84. The second-order valence-electron chi connectivity index (χ2n) is 5.16. The lowest BCUT2D eigenvalue weighted by molar-refractivity contribution is 0.200. The van der Waals surface area contributed by atoms with Gasteiger partial charge < -0.3 is 5.73 Å². The van der Waals surface area contributed by atoms with Gasteiger partial charge in [0.15, 0.2) is 0 Å². The smallest absolute Gasteiger partial charge is 0.0901 e. The molecule has 0 aromatic heterocycles. The largest absolute Gasteiger partial charge is 0.392 e. The third kappa shape index (κ3) is 2.24. The van der Waals surface area contributed by atoms with Crippen LogP contribution in [0.2, 0.25) is 0 Å². The SMILES string of the molecule is CCC(C(N)=S)N1CCC2CCC(C1)N2C. The topological polar surface area (TPSA) is 32.5 Å². The Kier molecular flexibility index (Phi) is 3.82. The summed E-state index contributed by atoms with van der Waals surface area (Å²) in [6, 6.07) is 1.82. The standard InChI is InChI=1S/C12H23N3S/c1-3-11(12(13)16)15-7-6-9-4-5-10(8-15)14(9)2/h9-11H,3-8H2,1-2H3,(H2,13,16). The molecule has 16 heavy (non-hydrogen) atoms. The molecule has 4 heteroatoms. The van der Waals surface area contributed by atoms with E-state index in [1.807, 2.05) is 0 Å². The van der Waals surface area contributed by atoms with Gasteiger partial charge in [-0.25, -0.2) is 0 Å². The minimum absolute atomic E-state index is 0.308. The number of nitrogens with zero attached hydrogens (tertiary/aromatic N) is 2. The number of hydrogen-bond acceptors (Lipinski definition) is 3. The molecule has 2 N–H and O–H groups in total. The lowest BCUT2D eigenvalue weighted by Gasteiger charge is -2.31. The number of likely N-dealkylation sites (N-methyl/N-ethyl adjacent to an activating group) is 1. The van der Waals surface area contributed by atoms with Crippen LogP contribution in [0.4, 0.5) is 0 Å².